The smallest absolute Gasteiger partial charge is 0.323 e. The number of rotatable bonds is 4. The highest BCUT2D eigenvalue weighted by Gasteiger charge is 2.62. The summed E-state index contributed by atoms with van der Waals surface area (Å²) in [5.74, 6) is -1.95. The zero-order chi connectivity index (χ0) is 26.1. The normalized spacial score (nSPS) is 22.9. The van der Waals surface area contributed by atoms with Crippen LogP contribution < -0.4 is 5.01 Å². The second kappa shape index (κ2) is 8.34. The van der Waals surface area contributed by atoms with E-state index < -0.39 is 33.4 Å². The van der Waals surface area contributed by atoms with E-state index in [1.54, 1.807) is 42.5 Å². The largest absolute Gasteiger partial charge is 0.480 e. The number of piperidine rings is 1. The molecule has 0 bridgehead atoms. The molecule has 2 atom stereocenters. The number of amides is 1. The van der Waals surface area contributed by atoms with E-state index in [-0.39, 0.29) is 17.9 Å². The first-order valence-electron chi connectivity index (χ1n) is 11.8. The minimum absolute atomic E-state index is 0.0127. The minimum atomic E-state index is -4.24. The molecule has 0 spiro atoms. The summed E-state index contributed by atoms with van der Waals surface area (Å²) in [7, 11) is -4.24. The van der Waals surface area contributed by atoms with Gasteiger partial charge in [-0.15, -0.1) is 0 Å². The Morgan fingerprint density at radius 1 is 1.05 bits per heavy atom. The van der Waals surface area contributed by atoms with E-state index in [1.807, 2.05) is 18.2 Å². The molecule has 2 heterocycles. The number of carboxylic acids is 1. The fourth-order valence-corrected chi connectivity index (χ4v) is 7.78. The number of fused-ring (bicyclic) bond motifs is 4. The second-order valence-corrected chi connectivity index (χ2v) is 12.4. The van der Waals surface area contributed by atoms with Gasteiger partial charge in [0.1, 0.15) is 11.5 Å². The number of carboxylic acid groups (broad SMARTS) is 1. The molecule has 1 fully saturated rings. The van der Waals surface area contributed by atoms with Crippen LogP contribution in [0.2, 0.25) is 0 Å². The Hall–Kier alpha value is -3.34. The molecule has 0 radical (unpaired) electrons. The molecule has 2 aliphatic heterocycles. The number of anilines is 1. The van der Waals surface area contributed by atoms with Gasteiger partial charge in [-0.3, -0.25) is 9.59 Å². The predicted molar refractivity (Wildman–Crippen MR) is 142 cm³/mol. The first-order chi connectivity index (χ1) is 17.6. The van der Waals surface area contributed by atoms with Gasteiger partial charge in [0.2, 0.25) is 10.0 Å². The lowest BCUT2D eigenvalue weighted by Gasteiger charge is -2.41. The van der Waals surface area contributed by atoms with Crippen molar-refractivity contribution in [2.75, 3.05) is 11.6 Å². The van der Waals surface area contributed by atoms with Crippen LogP contribution in [0.15, 0.2) is 81.2 Å². The highest BCUT2D eigenvalue weighted by atomic mass is 79.9. The Bertz CT molecular complexity index is 1620. The standard InChI is InChI=1S/C27H22BrN3O5S/c1-27-23(29-31(26(27)34)19-5-3-2-4-6-19)11-12-30(24(27)25(32)33)37(35,36)20-8-10-22-17(15-20)13-16-14-18(28)7-9-21(16)22/h2-10,14-15,24H,11-13H2,1H3,(H,32,33)/t24-,27-/m0/s1. The van der Waals surface area contributed by atoms with Gasteiger partial charge in [-0.1, -0.05) is 46.3 Å². The maximum Gasteiger partial charge on any atom is 0.323 e. The lowest BCUT2D eigenvalue weighted by molar-refractivity contribution is -0.148. The SMILES string of the molecule is C[C@]12C(=O)N(c3ccccc3)N=C1CCN(S(=O)(=O)c1ccc3c(c1)Cc1cc(Br)ccc1-3)[C@H]2C(=O)O. The van der Waals surface area contributed by atoms with Crippen LogP contribution >= 0.6 is 15.9 Å². The van der Waals surface area contributed by atoms with Crippen molar-refractivity contribution in [3.63, 3.8) is 0 Å². The molecular weight excluding hydrogens is 558 g/mol. The molecule has 1 aliphatic carbocycles. The van der Waals surface area contributed by atoms with Crippen molar-refractivity contribution >= 4 is 49.2 Å². The van der Waals surface area contributed by atoms with E-state index in [2.05, 4.69) is 21.0 Å². The average molecular weight is 580 g/mol. The predicted octanol–water partition coefficient (Wildman–Crippen LogP) is 4.28. The number of hydrogen-bond acceptors (Lipinski definition) is 5. The Kier molecular flexibility index (Phi) is 5.41. The molecule has 1 N–H and O–H groups in total. The molecule has 0 unspecified atom stereocenters. The van der Waals surface area contributed by atoms with Crippen LogP contribution in [0.5, 0.6) is 0 Å². The van der Waals surface area contributed by atoms with Crippen LogP contribution in [0.25, 0.3) is 11.1 Å². The Balaban J connectivity index is 1.38. The molecule has 0 aromatic heterocycles. The number of benzene rings is 3. The van der Waals surface area contributed by atoms with Crippen LogP contribution in [-0.4, -0.2) is 48.0 Å². The molecule has 0 saturated carbocycles. The molecule has 3 aromatic carbocycles. The van der Waals surface area contributed by atoms with Crippen molar-refractivity contribution in [2.45, 2.75) is 30.7 Å². The van der Waals surface area contributed by atoms with E-state index in [0.717, 1.165) is 31.0 Å². The van der Waals surface area contributed by atoms with E-state index in [9.17, 15) is 23.1 Å². The number of para-hydroxylation sites is 1. The first-order valence-corrected chi connectivity index (χ1v) is 14.0. The number of halogens is 1. The molecule has 37 heavy (non-hydrogen) atoms. The number of aliphatic carboxylic acids is 1. The molecule has 1 amide bonds. The van der Waals surface area contributed by atoms with Crippen molar-refractivity contribution in [1.82, 2.24) is 4.31 Å². The maximum atomic E-state index is 13.9. The molecule has 3 aromatic rings. The van der Waals surface area contributed by atoms with E-state index >= 15 is 0 Å². The Morgan fingerprint density at radius 3 is 2.43 bits per heavy atom. The van der Waals surface area contributed by atoms with Gasteiger partial charge in [0, 0.05) is 17.4 Å². The molecule has 3 aliphatic rings. The maximum absolute atomic E-state index is 13.9. The van der Waals surface area contributed by atoms with Crippen molar-refractivity contribution in [3.8, 4) is 11.1 Å². The van der Waals surface area contributed by atoms with Gasteiger partial charge in [0.15, 0.2) is 0 Å². The number of hydrogen-bond donors (Lipinski definition) is 1. The minimum Gasteiger partial charge on any atom is -0.480 e. The summed E-state index contributed by atoms with van der Waals surface area (Å²) in [6, 6.07) is 17.9. The highest BCUT2D eigenvalue weighted by molar-refractivity contribution is 9.10. The molecule has 8 nitrogen and oxygen atoms in total. The second-order valence-electron chi connectivity index (χ2n) is 9.61. The van der Waals surface area contributed by atoms with Gasteiger partial charge in [0.05, 0.1) is 16.3 Å². The van der Waals surface area contributed by atoms with E-state index in [1.165, 1.54) is 18.0 Å². The monoisotopic (exact) mass is 579 g/mol. The lowest BCUT2D eigenvalue weighted by Crippen LogP contribution is -2.63. The topological polar surface area (TPSA) is 107 Å². The quantitative estimate of drug-likeness (QED) is 0.388. The summed E-state index contributed by atoms with van der Waals surface area (Å²) >= 11 is 3.48. The summed E-state index contributed by atoms with van der Waals surface area (Å²) in [6.45, 7) is 1.39. The van der Waals surface area contributed by atoms with Crippen molar-refractivity contribution in [3.05, 3.63) is 82.3 Å². The van der Waals surface area contributed by atoms with Crippen LogP contribution in [-0.2, 0) is 26.0 Å². The van der Waals surface area contributed by atoms with Crippen LogP contribution in [0, 0.1) is 5.41 Å². The zero-order valence-corrected chi connectivity index (χ0v) is 22.2. The average Bonchev–Trinajstić information content (AvgIpc) is 3.36. The third-order valence-electron chi connectivity index (χ3n) is 7.52. The fourth-order valence-electron chi connectivity index (χ4n) is 5.66. The number of nitrogens with zero attached hydrogens (tertiary/aromatic N) is 3. The third kappa shape index (κ3) is 3.50. The van der Waals surface area contributed by atoms with E-state index in [4.69, 9.17) is 0 Å². The first kappa shape index (κ1) is 24.0. The summed E-state index contributed by atoms with van der Waals surface area (Å²) in [5.41, 5.74) is 3.20. The third-order valence-corrected chi connectivity index (χ3v) is 9.87. The van der Waals surface area contributed by atoms with Gasteiger partial charge in [0.25, 0.3) is 5.91 Å². The number of carbonyl (C=O) groups excluding carboxylic acids is 1. The summed E-state index contributed by atoms with van der Waals surface area (Å²) in [6.07, 6.45) is 0.730. The van der Waals surface area contributed by atoms with E-state index in [0.29, 0.717) is 17.8 Å². The molecule has 6 rings (SSSR count). The van der Waals surface area contributed by atoms with Crippen molar-refractivity contribution < 1.29 is 23.1 Å². The van der Waals surface area contributed by atoms with Crippen molar-refractivity contribution in [2.24, 2.45) is 10.5 Å². The van der Waals surface area contributed by atoms with Crippen LogP contribution in [0.1, 0.15) is 24.5 Å². The van der Waals surface area contributed by atoms with Gasteiger partial charge in [-0.2, -0.15) is 14.4 Å². The van der Waals surface area contributed by atoms with Gasteiger partial charge in [-0.25, -0.2) is 8.42 Å². The van der Waals surface area contributed by atoms with Crippen LogP contribution in [0.3, 0.4) is 0 Å². The lowest BCUT2D eigenvalue weighted by atomic mass is 9.74. The molecular formula is C27H22BrN3O5S. The molecule has 188 valence electrons. The number of sulfonamides is 1. The zero-order valence-electron chi connectivity index (χ0n) is 19.8. The summed E-state index contributed by atoms with van der Waals surface area (Å²) in [4.78, 5) is 26.2. The van der Waals surface area contributed by atoms with Gasteiger partial charge >= 0.3 is 5.97 Å². The molecule has 1 saturated heterocycles. The number of hydrazone groups is 1. The van der Waals surface area contributed by atoms with Crippen LogP contribution in [0.4, 0.5) is 5.69 Å². The summed E-state index contributed by atoms with van der Waals surface area (Å²) in [5, 5.41) is 15.9. The van der Waals surface area contributed by atoms with Gasteiger partial charge in [-0.05, 0) is 72.0 Å². The van der Waals surface area contributed by atoms with Gasteiger partial charge < -0.3 is 5.11 Å². The Labute approximate surface area is 222 Å². The molecule has 10 heteroatoms. The fraction of sp³-hybridized carbons (Fsp3) is 0.222. The Morgan fingerprint density at radius 2 is 1.73 bits per heavy atom. The van der Waals surface area contributed by atoms with Crippen molar-refractivity contribution in [1.29, 1.82) is 0 Å². The number of carbonyl (C=O) groups is 2. The highest BCUT2D eigenvalue weighted by Crippen LogP contribution is 2.44. The summed E-state index contributed by atoms with van der Waals surface area (Å²) < 4.78 is 29.7.